The van der Waals surface area contributed by atoms with Gasteiger partial charge in [-0.3, -0.25) is 9.59 Å². The van der Waals surface area contributed by atoms with Gasteiger partial charge in [0.1, 0.15) is 5.75 Å². The molecule has 2 aromatic rings. The van der Waals surface area contributed by atoms with Crippen molar-refractivity contribution in [1.82, 2.24) is 5.32 Å². The molecular weight excluding hydrogens is 384 g/mol. The maximum atomic E-state index is 12.0. The second kappa shape index (κ2) is 11.0. The van der Waals surface area contributed by atoms with Crippen molar-refractivity contribution >= 4 is 23.5 Å². The molecule has 0 bridgehead atoms. The first-order chi connectivity index (χ1) is 14.3. The van der Waals surface area contributed by atoms with Crippen LogP contribution in [0.15, 0.2) is 42.5 Å². The van der Waals surface area contributed by atoms with Gasteiger partial charge in [0.25, 0.3) is 11.8 Å². The third-order valence-electron chi connectivity index (χ3n) is 4.33. The van der Waals surface area contributed by atoms with E-state index in [1.54, 1.807) is 24.3 Å². The van der Waals surface area contributed by atoms with Crippen LogP contribution in [0.25, 0.3) is 0 Å². The highest BCUT2D eigenvalue weighted by molar-refractivity contribution is 5.97. The largest absolute Gasteiger partial charge is 0.482 e. The summed E-state index contributed by atoms with van der Waals surface area (Å²) in [7, 11) is 0. The van der Waals surface area contributed by atoms with Crippen LogP contribution < -0.4 is 15.4 Å². The minimum absolute atomic E-state index is 0.228. The number of nitrogens with one attached hydrogen (secondary N) is 2. The molecule has 0 aliphatic carbocycles. The first kappa shape index (κ1) is 22.9. The van der Waals surface area contributed by atoms with E-state index in [1.807, 2.05) is 32.0 Å². The molecule has 0 aliphatic rings. The fourth-order valence-electron chi connectivity index (χ4n) is 2.65. The summed E-state index contributed by atoms with van der Waals surface area (Å²) in [4.78, 5) is 35.8. The highest BCUT2D eigenvalue weighted by Gasteiger charge is 2.12. The average Bonchev–Trinajstić information content (AvgIpc) is 2.71. The molecule has 2 amide bonds. The van der Waals surface area contributed by atoms with Gasteiger partial charge in [-0.25, -0.2) is 4.79 Å². The van der Waals surface area contributed by atoms with Crippen molar-refractivity contribution in [2.45, 2.75) is 33.6 Å². The number of anilines is 1. The van der Waals surface area contributed by atoms with Gasteiger partial charge in [0.05, 0.1) is 0 Å². The van der Waals surface area contributed by atoms with Crippen molar-refractivity contribution in [2.75, 3.05) is 25.1 Å². The predicted molar refractivity (Wildman–Crippen MR) is 115 cm³/mol. The maximum absolute atomic E-state index is 12.0. The van der Waals surface area contributed by atoms with Crippen LogP contribution in [0, 0.1) is 6.92 Å². The zero-order chi connectivity index (χ0) is 22.1. The lowest BCUT2D eigenvalue weighted by molar-refractivity contribution is -0.149. The Morgan fingerprint density at radius 3 is 2.50 bits per heavy atom. The Bertz CT molecular complexity index is 908. The first-order valence-corrected chi connectivity index (χ1v) is 9.87. The van der Waals surface area contributed by atoms with Gasteiger partial charge in [-0.15, -0.1) is 0 Å². The van der Waals surface area contributed by atoms with Gasteiger partial charge < -0.3 is 20.1 Å². The van der Waals surface area contributed by atoms with Gasteiger partial charge in [0.2, 0.25) is 0 Å². The van der Waals surface area contributed by atoms with E-state index in [0.29, 0.717) is 29.5 Å². The minimum Gasteiger partial charge on any atom is -0.482 e. The Morgan fingerprint density at radius 1 is 1.03 bits per heavy atom. The van der Waals surface area contributed by atoms with Crippen molar-refractivity contribution in [3.63, 3.8) is 0 Å². The number of amides is 2. The quantitative estimate of drug-likeness (QED) is 0.616. The fraction of sp³-hybridized carbons (Fsp3) is 0.348. The number of rotatable bonds is 9. The SMILES string of the molecule is CCNC(=O)c1cccc(NC(=O)COC(=O)COc2cc(C(C)C)ccc2C)c1. The summed E-state index contributed by atoms with van der Waals surface area (Å²) >= 11 is 0. The summed E-state index contributed by atoms with van der Waals surface area (Å²) in [6, 6.07) is 12.4. The monoisotopic (exact) mass is 412 g/mol. The van der Waals surface area contributed by atoms with Crippen molar-refractivity contribution in [3.8, 4) is 5.75 Å². The Labute approximate surface area is 176 Å². The number of carbonyl (C=O) groups excluding carboxylic acids is 3. The lowest BCUT2D eigenvalue weighted by Crippen LogP contribution is -2.24. The molecular formula is C23H28N2O5. The Morgan fingerprint density at radius 2 is 1.80 bits per heavy atom. The van der Waals surface area contributed by atoms with Crippen LogP contribution in [0.2, 0.25) is 0 Å². The Balaban J connectivity index is 1.83. The molecule has 0 fully saturated rings. The predicted octanol–water partition coefficient (Wildman–Crippen LogP) is 3.43. The Kier molecular flexibility index (Phi) is 8.41. The molecule has 7 nitrogen and oxygen atoms in total. The van der Waals surface area contributed by atoms with E-state index >= 15 is 0 Å². The molecule has 2 aromatic carbocycles. The number of hydrogen-bond donors (Lipinski definition) is 2. The molecule has 30 heavy (non-hydrogen) atoms. The fourth-order valence-corrected chi connectivity index (χ4v) is 2.65. The molecule has 0 unspecified atom stereocenters. The van der Waals surface area contributed by atoms with Gasteiger partial charge in [0.15, 0.2) is 13.2 Å². The number of benzene rings is 2. The number of aryl methyl sites for hydroxylation is 1. The second-order valence-electron chi connectivity index (χ2n) is 7.12. The topological polar surface area (TPSA) is 93.7 Å². The zero-order valence-corrected chi connectivity index (χ0v) is 17.8. The summed E-state index contributed by atoms with van der Waals surface area (Å²) in [5.74, 6) is -0.418. The van der Waals surface area contributed by atoms with Crippen molar-refractivity contribution in [2.24, 2.45) is 0 Å². The summed E-state index contributed by atoms with van der Waals surface area (Å²) in [6.45, 7) is 7.65. The van der Waals surface area contributed by atoms with E-state index in [2.05, 4.69) is 24.5 Å². The molecule has 0 spiro atoms. The first-order valence-electron chi connectivity index (χ1n) is 9.87. The molecule has 0 aliphatic heterocycles. The molecule has 0 atom stereocenters. The van der Waals surface area contributed by atoms with E-state index in [9.17, 15) is 14.4 Å². The lowest BCUT2D eigenvalue weighted by atomic mass is 10.0. The standard InChI is InChI=1S/C23H28N2O5/c1-5-24-23(28)18-7-6-8-19(11-18)25-21(26)13-30-22(27)14-29-20-12-17(15(2)3)10-9-16(20)4/h6-12,15H,5,13-14H2,1-4H3,(H,24,28)(H,25,26). The van der Waals surface area contributed by atoms with Crippen molar-refractivity contribution in [1.29, 1.82) is 0 Å². The van der Waals surface area contributed by atoms with E-state index < -0.39 is 18.5 Å². The van der Waals surface area contributed by atoms with Crippen molar-refractivity contribution < 1.29 is 23.9 Å². The molecule has 0 aromatic heterocycles. The summed E-state index contributed by atoms with van der Waals surface area (Å²) in [6.07, 6.45) is 0. The van der Waals surface area contributed by atoms with Crippen LogP contribution in [-0.2, 0) is 14.3 Å². The smallest absolute Gasteiger partial charge is 0.344 e. The number of esters is 1. The van der Waals surface area contributed by atoms with Crippen LogP contribution in [-0.4, -0.2) is 37.5 Å². The highest BCUT2D eigenvalue weighted by Crippen LogP contribution is 2.24. The van der Waals surface area contributed by atoms with Gasteiger partial charge >= 0.3 is 5.97 Å². The van der Waals surface area contributed by atoms with Gasteiger partial charge in [-0.05, 0) is 55.2 Å². The molecule has 7 heteroatoms. The van der Waals surface area contributed by atoms with Crippen LogP contribution in [0.3, 0.4) is 0 Å². The highest BCUT2D eigenvalue weighted by atomic mass is 16.6. The van der Waals surface area contributed by atoms with E-state index in [1.165, 1.54) is 0 Å². The molecule has 160 valence electrons. The van der Waals surface area contributed by atoms with Gasteiger partial charge in [-0.1, -0.05) is 32.0 Å². The summed E-state index contributed by atoms with van der Waals surface area (Å²) in [5.41, 5.74) is 2.89. The van der Waals surface area contributed by atoms with Crippen LogP contribution in [0.1, 0.15) is 48.2 Å². The third kappa shape index (κ3) is 6.92. The number of ether oxygens (including phenoxy) is 2. The van der Waals surface area contributed by atoms with E-state index in [4.69, 9.17) is 9.47 Å². The van der Waals surface area contributed by atoms with Gasteiger partial charge in [-0.2, -0.15) is 0 Å². The van der Waals surface area contributed by atoms with E-state index in [-0.39, 0.29) is 12.5 Å². The molecule has 2 N–H and O–H groups in total. The van der Waals surface area contributed by atoms with Crippen molar-refractivity contribution in [3.05, 3.63) is 59.2 Å². The van der Waals surface area contributed by atoms with E-state index in [0.717, 1.165) is 11.1 Å². The third-order valence-corrected chi connectivity index (χ3v) is 4.33. The molecule has 0 radical (unpaired) electrons. The lowest BCUT2D eigenvalue weighted by Gasteiger charge is -2.12. The van der Waals surface area contributed by atoms with Gasteiger partial charge in [0, 0.05) is 17.8 Å². The normalized spacial score (nSPS) is 10.4. The molecule has 0 saturated heterocycles. The van der Waals surface area contributed by atoms with Crippen LogP contribution in [0.5, 0.6) is 5.75 Å². The average molecular weight is 412 g/mol. The summed E-state index contributed by atoms with van der Waals surface area (Å²) in [5, 5.41) is 5.29. The number of carbonyl (C=O) groups is 3. The minimum atomic E-state index is -0.643. The van der Waals surface area contributed by atoms with Crippen LogP contribution in [0.4, 0.5) is 5.69 Å². The molecule has 0 saturated carbocycles. The van der Waals surface area contributed by atoms with Crippen LogP contribution >= 0.6 is 0 Å². The maximum Gasteiger partial charge on any atom is 0.344 e. The zero-order valence-electron chi connectivity index (χ0n) is 17.8. The summed E-state index contributed by atoms with van der Waals surface area (Å²) < 4.78 is 10.5. The second-order valence-corrected chi connectivity index (χ2v) is 7.12. The molecule has 0 heterocycles. The molecule has 2 rings (SSSR count). The number of hydrogen-bond acceptors (Lipinski definition) is 5. The Hall–Kier alpha value is -3.35.